The Hall–Kier alpha value is -1.88. The summed E-state index contributed by atoms with van der Waals surface area (Å²) in [5.74, 6) is -0.297. The van der Waals surface area contributed by atoms with E-state index in [-0.39, 0.29) is 11.5 Å². The molecule has 1 aromatic rings. The molecule has 0 aliphatic carbocycles. The maximum absolute atomic E-state index is 12.2. The molecule has 1 aliphatic rings. The van der Waals surface area contributed by atoms with Gasteiger partial charge < -0.3 is 15.3 Å². The molecule has 1 amide bonds. The Balaban J connectivity index is 1.87. The molecule has 1 unspecified atom stereocenters. The summed E-state index contributed by atoms with van der Waals surface area (Å²) in [5, 5.41) is 12.2. The van der Waals surface area contributed by atoms with Crippen molar-refractivity contribution in [2.45, 2.75) is 25.7 Å². The van der Waals surface area contributed by atoms with Gasteiger partial charge in [-0.3, -0.25) is 4.79 Å². The molecular formula is C16H22N2O3. The smallest absolute Gasteiger partial charge is 0.335 e. The highest BCUT2D eigenvalue weighted by Crippen LogP contribution is 2.19. The van der Waals surface area contributed by atoms with Crippen molar-refractivity contribution in [2.75, 3.05) is 25.0 Å². The van der Waals surface area contributed by atoms with Crippen LogP contribution in [0.3, 0.4) is 0 Å². The summed E-state index contributed by atoms with van der Waals surface area (Å²) in [7, 11) is 1.73. The maximum atomic E-state index is 12.2. The van der Waals surface area contributed by atoms with E-state index in [9.17, 15) is 9.59 Å². The zero-order valence-electron chi connectivity index (χ0n) is 12.3. The number of carbonyl (C=O) groups is 2. The summed E-state index contributed by atoms with van der Waals surface area (Å²) in [4.78, 5) is 24.6. The first kappa shape index (κ1) is 15.5. The molecule has 5 heteroatoms. The molecule has 0 bridgehead atoms. The molecule has 0 aromatic heterocycles. The third-order valence-corrected chi connectivity index (χ3v) is 4.04. The Kier molecular flexibility index (Phi) is 5.33. The number of hydrogen-bond donors (Lipinski definition) is 2. The van der Waals surface area contributed by atoms with Crippen LogP contribution in [0.1, 0.15) is 36.0 Å². The van der Waals surface area contributed by atoms with Gasteiger partial charge in [0.1, 0.15) is 0 Å². The average molecular weight is 290 g/mol. The van der Waals surface area contributed by atoms with E-state index >= 15 is 0 Å². The molecule has 0 radical (unpaired) electrons. The van der Waals surface area contributed by atoms with E-state index in [1.165, 1.54) is 25.0 Å². The highest BCUT2D eigenvalue weighted by Gasteiger charge is 2.17. The molecule has 1 aromatic carbocycles. The number of rotatable bonds is 5. The number of aromatic carboxylic acids is 1. The number of carboxylic acid groups (broad SMARTS) is 1. The van der Waals surface area contributed by atoms with Gasteiger partial charge >= 0.3 is 5.97 Å². The van der Waals surface area contributed by atoms with Crippen LogP contribution in [0.2, 0.25) is 0 Å². The van der Waals surface area contributed by atoms with Crippen molar-refractivity contribution >= 4 is 17.6 Å². The number of nitrogens with one attached hydrogen (secondary N) is 1. The van der Waals surface area contributed by atoms with Gasteiger partial charge in [-0.15, -0.1) is 0 Å². The number of amides is 1. The van der Waals surface area contributed by atoms with Crippen LogP contribution in [-0.4, -0.2) is 37.1 Å². The lowest BCUT2D eigenvalue weighted by Gasteiger charge is -2.24. The second-order valence-corrected chi connectivity index (χ2v) is 5.56. The summed E-state index contributed by atoms with van der Waals surface area (Å²) in [5.41, 5.74) is 0.958. The number of anilines is 1. The fourth-order valence-electron chi connectivity index (χ4n) is 2.64. The van der Waals surface area contributed by atoms with Crippen molar-refractivity contribution in [3.05, 3.63) is 29.8 Å². The van der Waals surface area contributed by atoms with E-state index in [1.807, 2.05) is 0 Å². The van der Waals surface area contributed by atoms with E-state index in [4.69, 9.17) is 5.11 Å². The number of carboxylic acids is 1. The molecule has 0 saturated carbocycles. The first-order chi connectivity index (χ1) is 10.1. The average Bonchev–Trinajstić information content (AvgIpc) is 2.53. The molecule has 1 aliphatic heterocycles. The Bertz CT molecular complexity index is 493. The lowest BCUT2D eigenvalue weighted by atomic mass is 9.94. The van der Waals surface area contributed by atoms with E-state index < -0.39 is 5.97 Å². The van der Waals surface area contributed by atoms with Gasteiger partial charge in [0.15, 0.2) is 0 Å². The normalized spacial score (nSPS) is 18.2. The fourth-order valence-corrected chi connectivity index (χ4v) is 2.64. The second-order valence-electron chi connectivity index (χ2n) is 5.56. The zero-order chi connectivity index (χ0) is 15.2. The summed E-state index contributed by atoms with van der Waals surface area (Å²) in [6, 6.07) is 6.38. The number of benzene rings is 1. The molecule has 1 saturated heterocycles. The number of piperidine rings is 1. The van der Waals surface area contributed by atoms with Crippen LogP contribution in [0.15, 0.2) is 24.3 Å². The van der Waals surface area contributed by atoms with Crippen molar-refractivity contribution in [2.24, 2.45) is 5.92 Å². The highest BCUT2D eigenvalue weighted by atomic mass is 16.4. The Morgan fingerprint density at radius 1 is 1.33 bits per heavy atom. The standard InChI is InChI=1S/C16H22N2O3/c1-18(14-7-5-13(6-8-14)16(20)21)15(19)9-4-12-3-2-10-17-11-12/h5-8,12,17H,2-4,9-11H2,1H3,(H,20,21). The first-order valence-corrected chi connectivity index (χ1v) is 7.38. The minimum atomic E-state index is -0.958. The summed E-state index contributed by atoms with van der Waals surface area (Å²) < 4.78 is 0. The van der Waals surface area contributed by atoms with Gasteiger partial charge in [0.2, 0.25) is 5.91 Å². The van der Waals surface area contributed by atoms with Crippen molar-refractivity contribution < 1.29 is 14.7 Å². The van der Waals surface area contributed by atoms with Crippen LogP contribution in [-0.2, 0) is 4.79 Å². The quantitative estimate of drug-likeness (QED) is 0.871. The van der Waals surface area contributed by atoms with Crippen LogP contribution < -0.4 is 10.2 Å². The molecule has 5 nitrogen and oxygen atoms in total. The van der Waals surface area contributed by atoms with E-state index in [0.29, 0.717) is 12.3 Å². The lowest BCUT2D eigenvalue weighted by molar-refractivity contribution is -0.118. The fraction of sp³-hybridized carbons (Fsp3) is 0.500. The molecule has 0 spiro atoms. The van der Waals surface area contributed by atoms with Gasteiger partial charge in [-0.05, 0) is 62.5 Å². The van der Waals surface area contributed by atoms with E-state index in [2.05, 4.69) is 5.32 Å². The van der Waals surface area contributed by atoms with E-state index in [0.717, 1.165) is 25.2 Å². The molecule has 1 heterocycles. The predicted molar refractivity (Wildman–Crippen MR) is 81.6 cm³/mol. The lowest BCUT2D eigenvalue weighted by Crippen LogP contribution is -2.31. The van der Waals surface area contributed by atoms with Gasteiger partial charge in [-0.25, -0.2) is 4.79 Å². The van der Waals surface area contributed by atoms with Crippen LogP contribution in [0, 0.1) is 5.92 Å². The number of hydrogen-bond acceptors (Lipinski definition) is 3. The Morgan fingerprint density at radius 3 is 2.62 bits per heavy atom. The van der Waals surface area contributed by atoms with Crippen molar-refractivity contribution in [1.82, 2.24) is 5.32 Å². The Labute approximate surface area is 125 Å². The van der Waals surface area contributed by atoms with Gasteiger partial charge in [0, 0.05) is 19.2 Å². The minimum Gasteiger partial charge on any atom is -0.478 e. The summed E-state index contributed by atoms with van der Waals surface area (Å²) in [6.45, 7) is 2.09. The predicted octanol–water partition coefficient (Wildman–Crippen LogP) is 2.13. The molecular weight excluding hydrogens is 268 g/mol. The minimum absolute atomic E-state index is 0.0728. The molecule has 1 atom stereocenters. The van der Waals surface area contributed by atoms with Crippen LogP contribution >= 0.6 is 0 Å². The number of nitrogens with zero attached hydrogens (tertiary/aromatic N) is 1. The van der Waals surface area contributed by atoms with Gasteiger partial charge in [-0.2, -0.15) is 0 Å². The molecule has 1 fully saturated rings. The maximum Gasteiger partial charge on any atom is 0.335 e. The van der Waals surface area contributed by atoms with Crippen molar-refractivity contribution in [1.29, 1.82) is 0 Å². The third kappa shape index (κ3) is 4.29. The van der Waals surface area contributed by atoms with Crippen LogP contribution in [0.4, 0.5) is 5.69 Å². The van der Waals surface area contributed by atoms with Crippen LogP contribution in [0.25, 0.3) is 0 Å². The first-order valence-electron chi connectivity index (χ1n) is 7.38. The monoisotopic (exact) mass is 290 g/mol. The molecule has 114 valence electrons. The van der Waals surface area contributed by atoms with Crippen LogP contribution in [0.5, 0.6) is 0 Å². The SMILES string of the molecule is CN(C(=O)CCC1CCCNC1)c1ccc(C(=O)O)cc1. The van der Waals surface area contributed by atoms with Crippen molar-refractivity contribution in [3.8, 4) is 0 Å². The number of carbonyl (C=O) groups excluding carboxylic acids is 1. The molecule has 21 heavy (non-hydrogen) atoms. The van der Waals surface area contributed by atoms with Gasteiger partial charge in [-0.1, -0.05) is 0 Å². The van der Waals surface area contributed by atoms with Gasteiger partial charge in [0.25, 0.3) is 0 Å². The topological polar surface area (TPSA) is 69.6 Å². The largest absolute Gasteiger partial charge is 0.478 e. The highest BCUT2D eigenvalue weighted by molar-refractivity contribution is 5.94. The molecule has 2 rings (SSSR count). The third-order valence-electron chi connectivity index (χ3n) is 4.04. The second kappa shape index (κ2) is 7.22. The van der Waals surface area contributed by atoms with E-state index in [1.54, 1.807) is 24.1 Å². The summed E-state index contributed by atoms with van der Waals surface area (Å²) >= 11 is 0. The summed E-state index contributed by atoms with van der Waals surface area (Å²) in [6.07, 6.45) is 3.82. The molecule has 2 N–H and O–H groups in total. The zero-order valence-corrected chi connectivity index (χ0v) is 12.3. The van der Waals surface area contributed by atoms with Crippen molar-refractivity contribution in [3.63, 3.8) is 0 Å². The van der Waals surface area contributed by atoms with Gasteiger partial charge in [0.05, 0.1) is 5.56 Å². The Morgan fingerprint density at radius 2 is 2.05 bits per heavy atom.